The average molecular weight is 373 g/mol. The molecule has 0 bridgehead atoms. The molecule has 0 aliphatic rings. The van der Waals surface area contributed by atoms with Gasteiger partial charge >= 0.3 is 0 Å². The highest BCUT2D eigenvalue weighted by Crippen LogP contribution is 2.27. The summed E-state index contributed by atoms with van der Waals surface area (Å²) in [5, 5.41) is 7.24. The summed E-state index contributed by atoms with van der Waals surface area (Å²) in [7, 11) is 3.29. The van der Waals surface area contributed by atoms with Gasteiger partial charge < -0.3 is 20.1 Å². The van der Waals surface area contributed by atoms with Crippen molar-refractivity contribution in [1.82, 2.24) is 10.6 Å². The molecule has 0 fully saturated rings. The van der Waals surface area contributed by atoms with Gasteiger partial charge in [-0.3, -0.25) is 0 Å². The molecule has 2 aromatic rings. The predicted molar refractivity (Wildman–Crippen MR) is 111 cm³/mol. The fourth-order valence-electron chi connectivity index (χ4n) is 2.72. The second-order valence-corrected chi connectivity index (χ2v) is 6.47. The third kappa shape index (κ3) is 6.92. The van der Waals surface area contributed by atoms with E-state index in [1.165, 1.54) is 11.1 Å². The van der Waals surface area contributed by atoms with Crippen LogP contribution in [0.15, 0.2) is 48.5 Å². The maximum atomic E-state index is 5.33. The Morgan fingerprint density at radius 1 is 0.808 bits per heavy atom. The lowest BCUT2D eigenvalue weighted by Gasteiger charge is -2.12. The summed E-state index contributed by atoms with van der Waals surface area (Å²) in [5.74, 6) is 1.50. The summed E-state index contributed by atoms with van der Waals surface area (Å²) >= 11 is 5.33. The fraction of sp³-hybridized carbons (Fsp3) is 0.381. The Labute approximate surface area is 161 Å². The van der Waals surface area contributed by atoms with Crippen LogP contribution < -0.4 is 20.1 Å². The van der Waals surface area contributed by atoms with Crippen LogP contribution in [0.4, 0.5) is 0 Å². The van der Waals surface area contributed by atoms with Crippen molar-refractivity contribution in [3.05, 3.63) is 59.7 Å². The lowest BCUT2D eigenvalue weighted by Crippen LogP contribution is -2.36. The third-order valence-corrected chi connectivity index (χ3v) is 4.46. The van der Waals surface area contributed by atoms with Crippen LogP contribution in [0.2, 0.25) is 0 Å². The zero-order valence-corrected chi connectivity index (χ0v) is 16.4. The van der Waals surface area contributed by atoms with Gasteiger partial charge in [-0.15, -0.1) is 0 Å². The van der Waals surface area contributed by atoms with Gasteiger partial charge in [0.1, 0.15) is 0 Å². The number of ether oxygens (including phenoxy) is 2. The molecule has 0 saturated carbocycles. The van der Waals surface area contributed by atoms with Crippen LogP contribution in [0.3, 0.4) is 0 Å². The van der Waals surface area contributed by atoms with Crippen molar-refractivity contribution < 1.29 is 9.47 Å². The van der Waals surface area contributed by atoms with Crippen molar-refractivity contribution in [1.29, 1.82) is 0 Å². The van der Waals surface area contributed by atoms with Crippen LogP contribution >= 0.6 is 12.2 Å². The molecule has 2 rings (SSSR count). The van der Waals surface area contributed by atoms with E-state index >= 15 is 0 Å². The van der Waals surface area contributed by atoms with E-state index < -0.39 is 0 Å². The van der Waals surface area contributed by atoms with Crippen LogP contribution in [0.5, 0.6) is 11.5 Å². The Hall–Kier alpha value is -2.27. The van der Waals surface area contributed by atoms with Crippen LogP contribution in [-0.4, -0.2) is 32.4 Å². The maximum absolute atomic E-state index is 5.33. The smallest absolute Gasteiger partial charge is 0.166 e. The predicted octanol–water partition coefficient (Wildman–Crippen LogP) is 3.73. The molecule has 0 amide bonds. The molecule has 0 saturated heterocycles. The van der Waals surface area contributed by atoms with E-state index in [1.807, 2.05) is 18.2 Å². The molecule has 5 heteroatoms. The molecule has 0 atom stereocenters. The molecule has 0 unspecified atom stereocenters. The monoisotopic (exact) mass is 372 g/mol. The summed E-state index contributed by atoms with van der Waals surface area (Å²) in [6.45, 7) is 1.68. The molecule has 0 aliphatic carbocycles. The number of aryl methyl sites for hydroxylation is 1. The van der Waals surface area contributed by atoms with E-state index in [4.69, 9.17) is 21.7 Å². The van der Waals surface area contributed by atoms with Crippen molar-refractivity contribution in [3.8, 4) is 11.5 Å². The Morgan fingerprint density at radius 3 is 2.27 bits per heavy atom. The van der Waals surface area contributed by atoms with Crippen LogP contribution in [-0.2, 0) is 12.8 Å². The highest BCUT2D eigenvalue weighted by molar-refractivity contribution is 7.80. The number of thiocarbonyl (C=S) groups is 1. The van der Waals surface area contributed by atoms with Crippen LogP contribution in [0, 0.1) is 0 Å². The molecule has 26 heavy (non-hydrogen) atoms. The van der Waals surface area contributed by atoms with Gasteiger partial charge in [0.15, 0.2) is 16.6 Å². The number of rotatable bonds is 10. The molecule has 0 aliphatic heterocycles. The quantitative estimate of drug-likeness (QED) is 0.491. The molecule has 0 spiro atoms. The summed E-state index contributed by atoms with van der Waals surface area (Å²) < 4.78 is 10.6. The lowest BCUT2D eigenvalue weighted by atomic mass is 10.1. The normalized spacial score (nSPS) is 10.2. The zero-order chi connectivity index (χ0) is 18.6. The lowest BCUT2D eigenvalue weighted by molar-refractivity contribution is 0.354. The van der Waals surface area contributed by atoms with E-state index in [9.17, 15) is 0 Å². The molecule has 2 N–H and O–H groups in total. The number of benzene rings is 2. The van der Waals surface area contributed by atoms with E-state index in [1.54, 1.807) is 14.2 Å². The SMILES string of the molecule is COc1ccc(CCNC(=S)NCCCCc2ccccc2)cc1OC. The first-order chi connectivity index (χ1) is 12.7. The molecular weight excluding hydrogens is 344 g/mol. The van der Waals surface area contributed by atoms with E-state index in [-0.39, 0.29) is 0 Å². The first-order valence-corrected chi connectivity index (χ1v) is 9.40. The number of unbranched alkanes of at least 4 members (excludes halogenated alkanes) is 1. The summed E-state index contributed by atoms with van der Waals surface area (Å²) in [4.78, 5) is 0. The minimum atomic E-state index is 0.713. The van der Waals surface area contributed by atoms with Gasteiger partial charge in [-0.2, -0.15) is 0 Å². The third-order valence-electron chi connectivity index (χ3n) is 4.17. The Bertz CT molecular complexity index is 677. The van der Waals surface area contributed by atoms with Crippen molar-refractivity contribution in [2.24, 2.45) is 0 Å². The second-order valence-electron chi connectivity index (χ2n) is 6.06. The fourth-order valence-corrected chi connectivity index (χ4v) is 2.92. The van der Waals surface area contributed by atoms with E-state index in [0.717, 1.165) is 50.3 Å². The average Bonchev–Trinajstić information content (AvgIpc) is 2.68. The van der Waals surface area contributed by atoms with Gasteiger partial charge in [0, 0.05) is 13.1 Å². The van der Waals surface area contributed by atoms with Crippen molar-refractivity contribution >= 4 is 17.3 Å². The van der Waals surface area contributed by atoms with Crippen LogP contribution in [0.25, 0.3) is 0 Å². The molecular formula is C21H28N2O2S. The molecule has 140 valence electrons. The molecule has 0 radical (unpaired) electrons. The topological polar surface area (TPSA) is 42.5 Å². The zero-order valence-electron chi connectivity index (χ0n) is 15.6. The second kappa shape index (κ2) is 11.4. The molecule has 4 nitrogen and oxygen atoms in total. The number of nitrogens with one attached hydrogen (secondary N) is 2. The highest BCUT2D eigenvalue weighted by atomic mass is 32.1. The number of hydrogen-bond donors (Lipinski definition) is 2. The van der Waals surface area contributed by atoms with Crippen LogP contribution in [0.1, 0.15) is 24.0 Å². The van der Waals surface area contributed by atoms with E-state index in [2.05, 4.69) is 41.0 Å². The summed E-state index contributed by atoms with van der Waals surface area (Å²) in [6, 6.07) is 16.6. The number of methoxy groups -OCH3 is 2. The van der Waals surface area contributed by atoms with Gasteiger partial charge in [-0.25, -0.2) is 0 Å². The van der Waals surface area contributed by atoms with Gasteiger partial charge in [-0.05, 0) is 61.2 Å². The first-order valence-electron chi connectivity index (χ1n) is 8.99. The van der Waals surface area contributed by atoms with Gasteiger partial charge in [0.2, 0.25) is 0 Å². The highest BCUT2D eigenvalue weighted by Gasteiger charge is 2.04. The molecule has 0 aromatic heterocycles. The number of hydrogen-bond acceptors (Lipinski definition) is 3. The van der Waals surface area contributed by atoms with Crippen molar-refractivity contribution in [2.75, 3.05) is 27.3 Å². The largest absolute Gasteiger partial charge is 0.493 e. The molecule has 2 aromatic carbocycles. The van der Waals surface area contributed by atoms with Gasteiger partial charge in [0.25, 0.3) is 0 Å². The Kier molecular flexibility index (Phi) is 8.76. The minimum Gasteiger partial charge on any atom is -0.493 e. The van der Waals surface area contributed by atoms with Gasteiger partial charge in [-0.1, -0.05) is 36.4 Å². The molecule has 0 heterocycles. The van der Waals surface area contributed by atoms with Crippen molar-refractivity contribution in [2.45, 2.75) is 25.7 Å². The first kappa shape index (κ1) is 20.0. The standard InChI is InChI=1S/C21H28N2O2S/c1-24-19-12-11-18(16-20(19)25-2)13-15-23-21(26)22-14-7-6-10-17-8-4-3-5-9-17/h3-5,8-9,11-12,16H,6-7,10,13-15H2,1-2H3,(H2,22,23,26). The Balaban J connectivity index is 1.59. The van der Waals surface area contributed by atoms with Crippen molar-refractivity contribution in [3.63, 3.8) is 0 Å². The van der Waals surface area contributed by atoms with Gasteiger partial charge in [0.05, 0.1) is 14.2 Å². The van der Waals surface area contributed by atoms with E-state index in [0.29, 0.717) is 5.11 Å². The minimum absolute atomic E-state index is 0.713. The Morgan fingerprint density at radius 2 is 1.54 bits per heavy atom. The maximum Gasteiger partial charge on any atom is 0.166 e. The summed E-state index contributed by atoms with van der Waals surface area (Å²) in [5.41, 5.74) is 2.57. The summed E-state index contributed by atoms with van der Waals surface area (Å²) in [6.07, 6.45) is 4.25.